The number of carbonyl (C=O) groups is 1. The van der Waals surface area contributed by atoms with E-state index in [0.29, 0.717) is 25.2 Å². The predicted octanol–water partition coefficient (Wildman–Crippen LogP) is 4.05. The van der Waals surface area contributed by atoms with Gasteiger partial charge in [0.25, 0.3) is 0 Å². The number of aliphatic hydroxyl groups is 1. The molecule has 22 heavy (non-hydrogen) atoms. The maximum absolute atomic E-state index is 11.6. The van der Waals surface area contributed by atoms with Crippen molar-refractivity contribution in [3.8, 4) is 0 Å². The van der Waals surface area contributed by atoms with Crippen LogP contribution in [0.15, 0.2) is 11.6 Å². The van der Waals surface area contributed by atoms with Crippen LogP contribution in [0.4, 0.5) is 0 Å². The maximum Gasteiger partial charge on any atom is 0.333 e. The molecule has 0 radical (unpaired) electrons. The van der Waals surface area contributed by atoms with Crippen LogP contribution in [-0.4, -0.2) is 38.2 Å². The monoisotopic (exact) mass is 330 g/mol. The van der Waals surface area contributed by atoms with Gasteiger partial charge in [0.1, 0.15) is 0 Å². The zero-order valence-corrected chi connectivity index (χ0v) is 16.6. The zero-order valence-electron chi connectivity index (χ0n) is 15.6. The second-order valence-electron chi connectivity index (χ2n) is 7.62. The molecule has 0 amide bonds. The van der Waals surface area contributed by atoms with Gasteiger partial charge >= 0.3 is 5.97 Å². The summed E-state index contributed by atoms with van der Waals surface area (Å²) >= 11 is 0. The highest BCUT2D eigenvalue weighted by Crippen LogP contribution is 2.36. The SMILES string of the molecule is CCOC(=O)/C(C)=C/[C@@](C)(O)CCCO[Si](C)(C)C(C)(C)C. The summed E-state index contributed by atoms with van der Waals surface area (Å²) in [6.45, 7) is 17.2. The molecule has 0 aromatic carbocycles. The van der Waals surface area contributed by atoms with Crippen molar-refractivity contribution in [2.24, 2.45) is 0 Å². The molecule has 0 aliphatic rings. The van der Waals surface area contributed by atoms with E-state index in [1.165, 1.54) is 0 Å². The Morgan fingerprint density at radius 1 is 1.23 bits per heavy atom. The molecule has 0 aromatic rings. The van der Waals surface area contributed by atoms with Gasteiger partial charge in [-0.1, -0.05) is 20.8 Å². The van der Waals surface area contributed by atoms with Crippen molar-refractivity contribution in [3.63, 3.8) is 0 Å². The predicted molar refractivity (Wildman–Crippen MR) is 93.4 cm³/mol. The normalized spacial score (nSPS) is 16.3. The van der Waals surface area contributed by atoms with E-state index in [1.807, 2.05) is 0 Å². The lowest BCUT2D eigenvalue weighted by Gasteiger charge is -2.36. The summed E-state index contributed by atoms with van der Waals surface area (Å²) in [4.78, 5) is 11.6. The molecule has 5 heteroatoms. The minimum Gasteiger partial charge on any atom is -0.463 e. The summed E-state index contributed by atoms with van der Waals surface area (Å²) < 4.78 is 11.0. The van der Waals surface area contributed by atoms with Crippen molar-refractivity contribution < 1.29 is 19.1 Å². The van der Waals surface area contributed by atoms with E-state index in [-0.39, 0.29) is 11.0 Å². The molecule has 0 aliphatic heterocycles. The highest BCUT2D eigenvalue weighted by molar-refractivity contribution is 6.74. The fraction of sp³-hybridized carbons (Fsp3) is 0.824. The van der Waals surface area contributed by atoms with Crippen molar-refractivity contribution in [2.45, 2.75) is 78.1 Å². The van der Waals surface area contributed by atoms with Gasteiger partial charge < -0.3 is 14.3 Å². The molecule has 0 heterocycles. The van der Waals surface area contributed by atoms with Crippen LogP contribution in [0.1, 0.15) is 54.4 Å². The molecule has 0 saturated heterocycles. The van der Waals surface area contributed by atoms with Crippen LogP contribution >= 0.6 is 0 Å². The lowest BCUT2D eigenvalue weighted by Crippen LogP contribution is -2.41. The number of esters is 1. The number of rotatable bonds is 8. The lowest BCUT2D eigenvalue weighted by atomic mass is 9.97. The minimum absolute atomic E-state index is 0.190. The average Bonchev–Trinajstić information content (AvgIpc) is 2.33. The molecule has 0 saturated carbocycles. The van der Waals surface area contributed by atoms with Gasteiger partial charge in [-0.2, -0.15) is 0 Å². The van der Waals surface area contributed by atoms with E-state index in [0.717, 1.165) is 6.42 Å². The molecule has 1 N–H and O–H groups in total. The largest absolute Gasteiger partial charge is 0.463 e. The first kappa shape index (κ1) is 21.3. The molecule has 1 atom stereocenters. The third-order valence-corrected chi connectivity index (χ3v) is 8.76. The zero-order chi connectivity index (χ0) is 17.6. The Morgan fingerprint density at radius 2 is 1.77 bits per heavy atom. The summed E-state index contributed by atoms with van der Waals surface area (Å²) in [5, 5.41) is 10.6. The van der Waals surface area contributed by atoms with Crippen molar-refractivity contribution in [3.05, 3.63) is 11.6 Å². The fourth-order valence-corrected chi connectivity index (χ4v) is 2.90. The molecule has 0 aliphatic carbocycles. The topological polar surface area (TPSA) is 55.8 Å². The first-order chi connectivity index (χ1) is 9.82. The molecule has 0 aromatic heterocycles. The maximum atomic E-state index is 11.6. The van der Waals surface area contributed by atoms with Crippen LogP contribution in [0.2, 0.25) is 18.1 Å². The Labute approximate surface area is 137 Å². The summed E-state index contributed by atoms with van der Waals surface area (Å²) in [5.74, 6) is -0.375. The van der Waals surface area contributed by atoms with Crippen molar-refractivity contribution in [2.75, 3.05) is 13.2 Å². The van der Waals surface area contributed by atoms with Crippen LogP contribution in [0.3, 0.4) is 0 Å². The van der Waals surface area contributed by atoms with Crippen LogP contribution in [-0.2, 0) is 14.0 Å². The highest BCUT2D eigenvalue weighted by atomic mass is 28.4. The third-order valence-electron chi connectivity index (χ3n) is 4.22. The van der Waals surface area contributed by atoms with E-state index < -0.39 is 13.9 Å². The first-order valence-electron chi connectivity index (χ1n) is 8.05. The van der Waals surface area contributed by atoms with Crippen LogP contribution < -0.4 is 0 Å². The van der Waals surface area contributed by atoms with Crippen molar-refractivity contribution in [1.82, 2.24) is 0 Å². The van der Waals surface area contributed by atoms with Crippen molar-refractivity contribution in [1.29, 1.82) is 0 Å². The first-order valence-corrected chi connectivity index (χ1v) is 11.0. The van der Waals surface area contributed by atoms with Crippen LogP contribution in [0.25, 0.3) is 0 Å². The van der Waals surface area contributed by atoms with Gasteiger partial charge in [-0.15, -0.1) is 0 Å². The van der Waals surface area contributed by atoms with Gasteiger partial charge in [0.15, 0.2) is 8.32 Å². The standard InChI is InChI=1S/C17H34O4Si/c1-9-20-15(18)14(2)13-17(6,19)11-10-12-21-22(7,8)16(3,4)5/h13,19H,9-12H2,1-8H3/b14-13+/t17-/m0/s1. The number of hydrogen-bond acceptors (Lipinski definition) is 4. The van der Waals surface area contributed by atoms with Gasteiger partial charge in [0, 0.05) is 12.2 Å². The molecular formula is C17H34O4Si. The molecule has 0 bridgehead atoms. The fourth-order valence-electron chi connectivity index (χ4n) is 1.82. The van der Waals surface area contributed by atoms with Crippen molar-refractivity contribution >= 4 is 14.3 Å². The van der Waals surface area contributed by atoms with Gasteiger partial charge in [0.05, 0.1) is 12.2 Å². The second kappa shape index (κ2) is 8.27. The van der Waals surface area contributed by atoms with Gasteiger partial charge in [0.2, 0.25) is 0 Å². The van der Waals surface area contributed by atoms with Gasteiger partial charge in [-0.3, -0.25) is 0 Å². The van der Waals surface area contributed by atoms with Crippen LogP contribution in [0, 0.1) is 0 Å². The number of hydrogen-bond donors (Lipinski definition) is 1. The van der Waals surface area contributed by atoms with Crippen LogP contribution in [0.5, 0.6) is 0 Å². The highest BCUT2D eigenvalue weighted by Gasteiger charge is 2.36. The summed E-state index contributed by atoms with van der Waals surface area (Å²) in [6, 6.07) is 0. The summed E-state index contributed by atoms with van der Waals surface area (Å²) in [7, 11) is -1.73. The van der Waals surface area contributed by atoms with E-state index >= 15 is 0 Å². The van der Waals surface area contributed by atoms with E-state index in [1.54, 1.807) is 26.8 Å². The van der Waals surface area contributed by atoms with E-state index in [9.17, 15) is 9.90 Å². The Balaban J connectivity index is 4.41. The lowest BCUT2D eigenvalue weighted by molar-refractivity contribution is -0.138. The summed E-state index contributed by atoms with van der Waals surface area (Å²) in [6.07, 6.45) is 2.89. The smallest absolute Gasteiger partial charge is 0.333 e. The molecular weight excluding hydrogens is 296 g/mol. The van der Waals surface area contributed by atoms with E-state index in [2.05, 4.69) is 33.9 Å². The minimum atomic E-state index is -1.73. The Hall–Kier alpha value is -0.653. The Bertz CT molecular complexity index is 392. The van der Waals surface area contributed by atoms with Gasteiger partial charge in [-0.25, -0.2) is 4.79 Å². The third kappa shape index (κ3) is 7.56. The molecule has 0 unspecified atom stereocenters. The second-order valence-corrected chi connectivity index (χ2v) is 12.4. The summed E-state index contributed by atoms with van der Waals surface area (Å²) in [5.41, 5.74) is -0.578. The number of ether oxygens (including phenoxy) is 1. The van der Waals surface area contributed by atoms with Gasteiger partial charge in [-0.05, 0) is 57.8 Å². The molecule has 0 spiro atoms. The van der Waals surface area contributed by atoms with E-state index in [4.69, 9.17) is 9.16 Å². The molecule has 0 rings (SSSR count). The molecule has 0 fully saturated rings. The average molecular weight is 331 g/mol. The Morgan fingerprint density at radius 3 is 2.23 bits per heavy atom. The molecule has 130 valence electrons. The Kier molecular flexibility index (Phi) is 8.02. The number of carbonyl (C=O) groups excluding carboxylic acids is 1. The quantitative estimate of drug-likeness (QED) is 0.316. The molecule has 4 nitrogen and oxygen atoms in total.